The van der Waals surface area contributed by atoms with E-state index in [1.807, 2.05) is 35.5 Å². The van der Waals surface area contributed by atoms with Gasteiger partial charge in [0.1, 0.15) is 12.3 Å². The van der Waals surface area contributed by atoms with Gasteiger partial charge in [-0.25, -0.2) is 8.78 Å². The summed E-state index contributed by atoms with van der Waals surface area (Å²) in [7, 11) is 1.89. The van der Waals surface area contributed by atoms with Crippen molar-refractivity contribution < 1.29 is 13.6 Å². The van der Waals surface area contributed by atoms with Crippen molar-refractivity contribution in [1.29, 1.82) is 5.41 Å². The second-order valence-electron chi connectivity index (χ2n) is 13.0. The zero-order chi connectivity index (χ0) is 26.3. The van der Waals surface area contributed by atoms with Crippen LogP contribution in [0.5, 0.6) is 0 Å². The summed E-state index contributed by atoms with van der Waals surface area (Å²) in [4.78, 5) is 13.8. The fourth-order valence-electron chi connectivity index (χ4n) is 7.88. The van der Waals surface area contributed by atoms with Gasteiger partial charge in [-0.2, -0.15) is 0 Å². The molecule has 0 aromatic carbocycles. The quantitative estimate of drug-likeness (QED) is 0.497. The molecule has 1 aliphatic heterocycles. The molecule has 3 saturated carbocycles. The molecule has 3 N–H and O–H groups in total. The van der Waals surface area contributed by atoms with Crippen LogP contribution >= 0.6 is 0 Å². The van der Waals surface area contributed by atoms with Crippen LogP contribution in [0.15, 0.2) is 12.4 Å². The number of aryl methyl sites for hydroxylation is 1. The minimum absolute atomic E-state index is 0.0614. The molecule has 1 saturated heterocycles. The molecule has 1 aromatic rings. The standard InChI is InChI=1S/C29H47F2N5O/c1-17-12-23(30)6-7-24(17)21-13-19(16-36-11-10-35(3)29(36)32)14-22(15-21)28(37)34-27(20-4-5-20)26-9-8-25(31)18(2)33-26/h10-11,17-27,32-33H,4-9,12-16H2,1-3H3,(H,34,37). The topological polar surface area (TPSA) is 74.8 Å². The van der Waals surface area contributed by atoms with Crippen molar-refractivity contribution in [3.63, 3.8) is 0 Å². The highest BCUT2D eigenvalue weighted by Crippen LogP contribution is 2.46. The Morgan fingerprint density at radius 3 is 2.51 bits per heavy atom. The van der Waals surface area contributed by atoms with Gasteiger partial charge >= 0.3 is 0 Å². The summed E-state index contributed by atoms with van der Waals surface area (Å²) in [6.45, 7) is 4.85. The maximum atomic E-state index is 14.1. The lowest BCUT2D eigenvalue weighted by atomic mass is 9.63. The van der Waals surface area contributed by atoms with E-state index in [4.69, 9.17) is 5.41 Å². The van der Waals surface area contributed by atoms with Gasteiger partial charge in [-0.1, -0.05) is 6.92 Å². The third-order valence-electron chi connectivity index (χ3n) is 10.2. The lowest BCUT2D eigenvalue weighted by Crippen LogP contribution is -2.58. The van der Waals surface area contributed by atoms with Crippen LogP contribution in [0.3, 0.4) is 0 Å². The summed E-state index contributed by atoms with van der Waals surface area (Å²) in [5.74, 6) is 2.12. The fourth-order valence-corrected chi connectivity index (χ4v) is 7.88. The number of aromatic nitrogens is 2. The molecule has 4 aliphatic rings. The van der Waals surface area contributed by atoms with E-state index in [-0.39, 0.29) is 30.0 Å². The smallest absolute Gasteiger partial charge is 0.223 e. The predicted octanol–water partition coefficient (Wildman–Crippen LogP) is 4.49. The van der Waals surface area contributed by atoms with E-state index >= 15 is 0 Å². The number of nitrogens with one attached hydrogen (secondary N) is 3. The zero-order valence-electron chi connectivity index (χ0n) is 22.8. The van der Waals surface area contributed by atoms with E-state index in [1.54, 1.807) is 0 Å². The van der Waals surface area contributed by atoms with Crippen LogP contribution in [0.1, 0.15) is 78.1 Å². The molecule has 2 heterocycles. The fraction of sp³-hybridized carbons (Fsp3) is 0.862. The highest BCUT2D eigenvalue weighted by atomic mass is 19.1. The molecule has 10 atom stereocenters. The molecule has 8 heteroatoms. The molecular formula is C29H47F2N5O. The number of amides is 1. The Balaban J connectivity index is 1.31. The molecule has 4 fully saturated rings. The van der Waals surface area contributed by atoms with Gasteiger partial charge in [0.15, 0.2) is 0 Å². The molecule has 0 spiro atoms. The van der Waals surface area contributed by atoms with Crippen molar-refractivity contribution >= 4 is 5.91 Å². The van der Waals surface area contributed by atoms with Gasteiger partial charge in [0.05, 0.1) is 0 Å². The third kappa shape index (κ3) is 6.15. The molecule has 37 heavy (non-hydrogen) atoms. The van der Waals surface area contributed by atoms with E-state index in [1.165, 1.54) is 0 Å². The van der Waals surface area contributed by atoms with Crippen LogP contribution < -0.4 is 16.3 Å². The normalized spacial score (nSPS) is 39.8. The van der Waals surface area contributed by atoms with Crippen molar-refractivity contribution in [2.24, 2.45) is 42.6 Å². The first-order valence-electron chi connectivity index (χ1n) is 14.8. The largest absolute Gasteiger partial charge is 0.351 e. The number of alkyl halides is 2. The molecule has 208 valence electrons. The zero-order valence-corrected chi connectivity index (χ0v) is 22.8. The first-order chi connectivity index (χ1) is 17.7. The summed E-state index contributed by atoms with van der Waals surface area (Å²) >= 11 is 0. The summed E-state index contributed by atoms with van der Waals surface area (Å²) in [5.41, 5.74) is 0.479. The van der Waals surface area contributed by atoms with Gasteiger partial charge in [-0.3, -0.25) is 10.2 Å². The Morgan fingerprint density at radius 1 is 1.08 bits per heavy atom. The van der Waals surface area contributed by atoms with Crippen molar-refractivity contribution in [2.45, 2.75) is 115 Å². The van der Waals surface area contributed by atoms with Gasteiger partial charge in [-0.15, -0.1) is 0 Å². The Labute approximate surface area is 220 Å². The SMILES string of the molecule is CC1CC(F)CCC1C1CC(Cn2ccn(C)c2=N)CC(C(=O)NC(C2CC2)C2CCC(F)C(C)N2)C1. The Hall–Kier alpha value is -1.70. The number of piperidine rings is 1. The van der Waals surface area contributed by atoms with E-state index < -0.39 is 12.3 Å². The number of hydrogen-bond donors (Lipinski definition) is 3. The van der Waals surface area contributed by atoms with Crippen molar-refractivity contribution in [1.82, 2.24) is 19.8 Å². The van der Waals surface area contributed by atoms with Gasteiger partial charge in [0.25, 0.3) is 0 Å². The predicted molar refractivity (Wildman–Crippen MR) is 140 cm³/mol. The first kappa shape index (κ1) is 26.9. The van der Waals surface area contributed by atoms with Crippen molar-refractivity contribution in [3.8, 4) is 0 Å². The highest BCUT2D eigenvalue weighted by molar-refractivity contribution is 5.79. The molecule has 10 unspecified atom stereocenters. The number of rotatable bonds is 7. The first-order valence-corrected chi connectivity index (χ1v) is 14.8. The van der Waals surface area contributed by atoms with E-state index in [2.05, 4.69) is 17.6 Å². The van der Waals surface area contributed by atoms with E-state index in [9.17, 15) is 13.6 Å². The maximum Gasteiger partial charge on any atom is 0.223 e. The van der Waals surface area contributed by atoms with Crippen LogP contribution in [0.2, 0.25) is 0 Å². The second kappa shape index (κ2) is 11.2. The lowest BCUT2D eigenvalue weighted by Gasteiger charge is -2.43. The van der Waals surface area contributed by atoms with Crippen LogP contribution in [-0.2, 0) is 18.4 Å². The van der Waals surface area contributed by atoms with Crippen LogP contribution in [0.4, 0.5) is 8.78 Å². The lowest BCUT2D eigenvalue weighted by molar-refractivity contribution is -0.129. The molecule has 1 amide bonds. The Bertz CT molecular complexity index is 989. The van der Waals surface area contributed by atoms with E-state index in [0.29, 0.717) is 54.5 Å². The number of imidazole rings is 1. The number of halogens is 2. The maximum absolute atomic E-state index is 14.1. The molecule has 1 aromatic heterocycles. The van der Waals surface area contributed by atoms with E-state index in [0.717, 1.165) is 51.5 Å². The molecule has 5 rings (SSSR count). The number of hydrogen-bond acceptors (Lipinski definition) is 3. The van der Waals surface area contributed by atoms with Gasteiger partial charge in [0.2, 0.25) is 11.5 Å². The second-order valence-corrected chi connectivity index (χ2v) is 13.0. The molecule has 0 radical (unpaired) electrons. The number of carbonyl (C=O) groups excluding carboxylic acids is 1. The molecule has 6 nitrogen and oxygen atoms in total. The minimum Gasteiger partial charge on any atom is -0.351 e. The molecule has 3 aliphatic carbocycles. The number of nitrogens with zero attached hydrogens (tertiary/aromatic N) is 2. The van der Waals surface area contributed by atoms with Crippen molar-refractivity contribution in [3.05, 3.63) is 18.0 Å². The Morgan fingerprint density at radius 2 is 1.86 bits per heavy atom. The van der Waals surface area contributed by atoms with Crippen molar-refractivity contribution in [2.75, 3.05) is 0 Å². The van der Waals surface area contributed by atoms with Gasteiger partial charge < -0.3 is 19.8 Å². The van der Waals surface area contributed by atoms with Gasteiger partial charge in [0, 0.05) is 50.0 Å². The summed E-state index contributed by atoms with van der Waals surface area (Å²) in [6, 6.07) is 0.0409. The summed E-state index contributed by atoms with van der Waals surface area (Å²) in [6.07, 6.45) is 10.9. The number of carbonyl (C=O) groups is 1. The average molecular weight is 520 g/mol. The molecule has 0 bridgehead atoms. The summed E-state index contributed by atoms with van der Waals surface area (Å²) < 4.78 is 32.1. The molecular weight excluding hydrogens is 472 g/mol. The summed E-state index contributed by atoms with van der Waals surface area (Å²) in [5, 5.41) is 15.3. The third-order valence-corrected chi connectivity index (χ3v) is 10.2. The average Bonchev–Trinajstić information content (AvgIpc) is 3.66. The minimum atomic E-state index is -0.814. The monoisotopic (exact) mass is 519 g/mol. The van der Waals surface area contributed by atoms with Crippen LogP contribution in [-0.4, -0.2) is 45.5 Å². The van der Waals surface area contributed by atoms with Crippen LogP contribution in [0.25, 0.3) is 0 Å². The highest BCUT2D eigenvalue weighted by Gasteiger charge is 2.44. The van der Waals surface area contributed by atoms with Crippen LogP contribution in [0, 0.1) is 40.9 Å². The Kier molecular flexibility index (Phi) is 8.13. The van der Waals surface area contributed by atoms with Gasteiger partial charge in [-0.05, 0) is 101 Å².